The number of hydrogen-bond donors (Lipinski definition) is 2. The summed E-state index contributed by atoms with van der Waals surface area (Å²) in [6.07, 6.45) is 2.92. The predicted molar refractivity (Wildman–Crippen MR) is 71.0 cm³/mol. The Kier molecular flexibility index (Phi) is 4.25. The Balaban J connectivity index is 2.16. The average Bonchev–Trinajstić information content (AvgIpc) is 2.80. The van der Waals surface area contributed by atoms with Crippen LogP contribution in [-0.2, 0) is 23.2 Å². The van der Waals surface area contributed by atoms with Crippen LogP contribution in [0.1, 0.15) is 15.4 Å². The molecule has 2 heterocycles. The minimum Gasteiger partial charge on any atom is -0.391 e. The first-order valence-electron chi connectivity index (χ1n) is 5.47. The van der Waals surface area contributed by atoms with Crippen LogP contribution in [0.25, 0.3) is 0 Å². The summed E-state index contributed by atoms with van der Waals surface area (Å²) in [6, 6.07) is 3.13. The molecule has 19 heavy (non-hydrogen) atoms. The molecule has 0 atom stereocenters. The lowest BCUT2D eigenvalue weighted by Gasteiger charge is -2.05. The first kappa shape index (κ1) is 14.1. The van der Waals surface area contributed by atoms with Crippen molar-refractivity contribution in [2.45, 2.75) is 25.0 Å². The Morgan fingerprint density at radius 2 is 2.26 bits per heavy atom. The van der Waals surface area contributed by atoms with Crippen molar-refractivity contribution in [3.8, 4) is 0 Å². The van der Waals surface area contributed by atoms with Crippen molar-refractivity contribution < 1.29 is 13.5 Å². The molecule has 6 nitrogen and oxygen atoms in total. The molecule has 0 unspecified atom stereocenters. The molecule has 0 fully saturated rings. The first-order chi connectivity index (χ1) is 9.03. The van der Waals surface area contributed by atoms with Crippen LogP contribution in [0.5, 0.6) is 0 Å². The van der Waals surface area contributed by atoms with Gasteiger partial charge in [0.1, 0.15) is 6.33 Å². The molecule has 0 saturated heterocycles. The number of aryl methyl sites for hydroxylation is 1. The van der Waals surface area contributed by atoms with E-state index in [1.54, 1.807) is 19.2 Å². The minimum atomic E-state index is -3.59. The zero-order chi connectivity index (χ0) is 13.9. The van der Waals surface area contributed by atoms with Gasteiger partial charge in [-0.25, -0.2) is 23.1 Å². The maximum absolute atomic E-state index is 12.1. The highest BCUT2D eigenvalue weighted by molar-refractivity contribution is 7.89. The molecule has 0 bridgehead atoms. The normalized spacial score (nSPS) is 11.7. The van der Waals surface area contributed by atoms with Crippen LogP contribution in [0.3, 0.4) is 0 Å². The van der Waals surface area contributed by atoms with E-state index in [2.05, 4.69) is 14.7 Å². The molecular weight excluding hydrogens is 286 g/mol. The molecule has 2 aromatic heterocycles. The lowest BCUT2D eigenvalue weighted by molar-refractivity contribution is 0.285. The molecule has 0 aliphatic heterocycles. The highest BCUT2D eigenvalue weighted by Gasteiger charge is 2.19. The van der Waals surface area contributed by atoms with Gasteiger partial charge >= 0.3 is 0 Å². The fraction of sp³-hybridized carbons (Fsp3) is 0.273. The zero-order valence-corrected chi connectivity index (χ0v) is 11.8. The van der Waals surface area contributed by atoms with Crippen LogP contribution in [0.4, 0.5) is 0 Å². The number of nitrogens with zero attached hydrogens (tertiary/aromatic N) is 2. The van der Waals surface area contributed by atoms with E-state index in [4.69, 9.17) is 5.11 Å². The number of aliphatic hydroxyl groups is 1. The van der Waals surface area contributed by atoms with Crippen LogP contribution in [-0.4, -0.2) is 23.5 Å². The molecule has 2 aromatic rings. The van der Waals surface area contributed by atoms with Crippen molar-refractivity contribution in [3.63, 3.8) is 0 Å². The fourth-order valence-corrected chi connectivity index (χ4v) is 4.03. The molecular formula is C11H13N3O3S2. The van der Waals surface area contributed by atoms with Crippen molar-refractivity contribution in [1.82, 2.24) is 14.7 Å². The number of aromatic nitrogens is 2. The van der Waals surface area contributed by atoms with Crippen molar-refractivity contribution in [2.75, 3.05) is 0 Å². The highest BCUT2D eigenvalue weighted by Crippen LogP contribution is 2.25. The van der Waals surface area contributed by atoms with E-state index >= 15 is 0 Å². The van der Waals surface area contributed by atoms with E-state index in [1.165, 1.54) is 23.7 Å². The van der Waals surface area contributed by atoms with Gasteiger partial charge in [-0.05, 0) is 19.1 Å². The van der Waals surface area contributed by atoms with E-state index in [1.807, 2.05) is 0 Å². The van der Waals surface area contributed by atoms with Gasteiger partial charge in [-0.3, -0.25) is 0 Å². The molecule has 0 aliphatic carbocycles. The average molecular weight is 299 g/mol. The second-order valence-corrected chi connectivity index (χ2v) is 6.89. The number of rotatable bonds is 5. The molecule has 0 radical (unpaired) electrons. The maximum Gasteiger partial charge on any atom is 0.242 e. The van der Waals surface area contributed by atoms with Crippen LogP contribution < -0.4 is 4.72 Å². The molecule has 0 amide bonds. The van der Waals surface area contributed by atoms with Gasteiger partial charge in [0.05, 0.1) is 23.7 Å². The predicted octanol–water partition coefficient (Wildman–Crippen LogP) is 0.817. The van der Waals surface area contributed by atoms with Crippen LogP contribution in [0.15, 0.2) is 29.6 Å². The Labute approximate surface area is 115 Å². The number of nitrogens with one attached hydrogen (secondary N) is 1. The van der Waals surface area contributed by atoms with Crippen molar-refractivity contribution >= 4 is 21.4 Å². The Morgan fingerprint density at radius 1 is 1.47 bits per heavy atom. The topological polar surface area (TPSA) is 92.2 Å². The van der Waals surface area contributed by atoms with Crippen LogP contribution in [0, 0.1) is 6.92 Å². The summed E-state index contributed by atoms with van der Waals surface area (Å²) in [5, 5.41) is 9.03. The lowest BCUT2D eigenvalue weighted by Crippen LogP contribution is -2.23. The molecule has 0 aromatic carbocycles. The highest BCUT2D eigenvalue weighted by atomic mass is 32.2. The smallest absolute Gasteiger partial charge is 0.242 e. The van der Waals surface area contributed by atoms with Crippen LogP contribution >= 0.6 is 11.3 Å². The fourth-order valence-electron chi connectivity index (χ4n) is 1.54. The van der Waals surface area contributed by atoms with Gasteiger partial charge in [0.25, 0.3) is 0 Å². The third kappa shape index (κ3) is 3.35. The van der Waals surface area contributed by atoms with Gasteiger partial charge < -0.3 is 5.11 Å². The summed E-state index contributed by atoms with van der Waals surface area (Å²) in [7, 11) is -3.59. The largest absolute Gasteiger partial charge is 0.391 e. The van der Waals surface area contributed by atoms with Gasteiger partial charge in [-0.1, -0.05) is 0 Å². The summed E-state index contributed by atoms with van der Waals surface area (Å²) < 4.78 is 26.7. The molecule has 8 heteroatoms. The SMILES string of the molecule is Cc1sc(CO)cc1S(=O)(=O)NCc1ccncn1. The maximum atomic E-state index is 12.1. The third-order valence-corrected chi connectivity index (χ3v) is 5.15. The molecule has 2 rings (SSSR count). The van der Waals surface area contributed by atoms with Gasteiger partial charge in [-0.15, -0.1) is 11.3 Å². The number of sulfonamides is 1. The monoisotopic (exact) mass is 299 g/mol. The van der Waals surface area contributed by atoms with E-state index in [-0.39, 0.29) is 18.0 Å². The van der Waals surface area contributed by atoms with E-state index in [9.17, 15) is 8.42 Å². The van der Waals surface area contributed by atoms with Gasteiger partial charge in [0.2, 0.25) is 10.0 Å². The van der Waals surface area contributed by atoms with Gasteiger partial charge in [0.15, 0.2) is 0 Å². The molecule has 102 valence electrons. The van der Waals surface area contributed by atoms with Crippen molar-refractivity contribution in [2.24, 2.45) is 0 Å². The zero-order valence-electron chi connectivity index (χ0n) is 10.2. The Hall–Kier alpha value is -1.35. The Bertz CT molecular complexity index is 653. The molecule has 2 N–H and O–H groups in total. The molecule has 0 saturated carbocycles. The van der Waals surface area contributed by atoms with Crippen LogP contribution in [0.2, 0.25) is 0 Å². The molecule has 0 aliphatic rings. The summed E-state index contributed by atoms with van der Waals surface area (Å²) in [6.45, 7) is 1.66. The minimum absolute atomic E-state index is 0.106. The standard InChI is InChI=1S/C11H13N3O3S2/c1-8-11(4-10(6-15)18-8)19(16,17)14-5-9-2-3-12-7-13-9/h2-4,7,14-15H,5-6H2,1H3. The van der Waals surface area contributed by atoms with Crippen molar-refractivity contribution in [1.29, 1.82) is 0 Å². The summed E-state index contributed by atoms with van der Waals surface area (Å²) >= 11 is 1.27. The van der Waals surface area contributed by atoms with E-state index in [0.29, 0.717) is 15.4 Å². The summed E-state index contributed by atoms with van der Waals surface area (Å²) in [4.78, 5) is 9.19. The second-order valence-electron chi connectivity index (χ2n) is 3.82. The van der Waals surface area contributed by atoms with Crippen molar-refractivity contribution in [3.05, 3.63) is 40.1 Å². The third-order valence-electron chi connectivity index (χ3n) is 2.46. The number of hydrogen-bond acceptors (Lipinski definition) is 6. The summed E-state index contributed by atoms with van der Waals surface area (Å²) in [5.74, 6) is 0. The molecule has 0 spiro atoms. The first-order valence-corrected chi connectivity index (χ1v) is 7.77. The number of aliphatic hydroxyl groups excluding tert-OH is 1. The number of thiophene rings is 1. The van der Waals surface area contributed by atoms with Gasteiger partial charge in [0, 0.05) is 16.0 Å². The second kappa shape index (κ2) is 5.74. The lowest BCUT2D eigenvalue weighted by atomic mass is 10.4. The van der Waals surface area contributed by atoms with Gasteiger partial charge in [-0.2, -0.15) is 0 Å². The van der Waals surface area contributed by atoms with E-state index in [0.717, 1.165) is 0 Å². The quantitative estimate of drug-likeness (QED) is 0.852. The Morgan fingerprint density at radius 3 is 2.84 bits per heavy atom. The summed E-state index contributed by atoms with van der Waals surface area (Å²) in [5.41, 5.74) is 0.592. The van der Waals surface area contributed by atoms with E-state index < -0.39 is 10.0 Å².